The van der Waals surface area contributed by atoms with Crippen molar-refractivity contribution in [1.82, 2.24) is 9.88 Å². The summed E-state index contributed by atoms with van der Waals surface area (Å²) in [4.78, 5) is 19.2. The van der Waals surface area contributed by atoms with Crippen LogP contribution in [0.4, 0.5) is 0 Å². The van der Waals surface area contributed by atoms with E-state index < -0.39 is 6.23 Å². The number of hydrogen-bond donors (Lipinski definition) is 1. The molecular formula is C29H25ClN2O3. The molecule has 1 aromatic heterocycles. The maximum Gasteiger partial charge on any atom is 0.256 e. The molecule has 35 heavy (non-hydrogen) atoms. The number of amides is 1. The molecule has 3 aromatic carbocycles. The third-order valence-corrected chi connectivity index (χ3v) is 6.23. The normalized spacial score (nSPS) is 14.9. The van der Waals surface area contributed by atoms with Crippen LogP contribution in [0.15, 0.2) is 85.1 Å². The van der Waals surface area contributed by atoms with Crippen molar-refractivity contribution in [2.24, 2.45) is 0 Å². The maximum absolute atomic E-state index is 12.9. The lowest BCUT2D eigenvalue weighted by atomic mass is 9.97. The Labute approximate surface area is 209 Å². The highest BCUT2D eigenvalue weighted by Crippen LogP contribution is 2.36. The lowest BCUT2D eigenvalue weighted by Gasteiger charge is -2.21. The van der Waals surface area contributed by atoms with E-state index in [1.165, 1.54) is 4.90 Å². The van der Waals surface area contributed by atoms with Crippen LogP contribution in [0.25, 0.3) is 22.4 Å². The van der Waals surface area contributed by atoms with Crippen LogP contribution >= 0.6 is 11.6 Å². The molecule has 0 radical (unpaired) electrons. The van der Waals surface area contributed by atoms with Crippen molar-refractivity contribution in [3.05, 3.63) is 107 Å². The van der Waals surface area contributed by atoms with Crippen LogP contribution in [-0.2, 0) is 6.54 Å². The first-order valence-electron chi connectivity index (χ1n) is 11.5. The zero-order chi connectivity index (χ0) is 24.5. The van der Waals surface area contributed by atoms with Crippen molar-refractivity contribution in [3.8, 4) is 28.1 Å². The molecule has 0 bridgehead atoms. The van der Waals surface area contributed by atoms with Crippen molar-refractivity contribution in [2.45, 2.75) is 32.7 Å². The van der Waals surface area contributed by atoms with E-state index in [4.69, 9.17) is 21.3 Å². The molecule has 1 unspecified atom stereocenters. The Balaban J connectivity index is 1.52. The van der Waals surface area contributed by atoms with Gasteiger partial charge in [0.25, 0.3) is 5.91 Å². The van der Waals surface area contributed by atoms with E-state index in [0.29, 0.717) is 16.1 Å². The number of aliphatic hydroxyl groups excluding tert-OH is 1. The predicted molar refractivity (Wildman–Crippen MR) is 137 cm³/mol. The fourth-order valence-electron chi connectivity index (χ4n) is 4.34. The van der Waals surface area contributed by atoms with Gasteiger partial charge in [-0.1, -0.05) is 54.1 Å². The summed E-state index contributed by atoms with van der Waals surface area (Å²) in [6.45, 7) is 4.22. The third kappa shape index (κ3) is 4.65. The van der Waals surface area contributed by atoms with Gasteiger partial charge in [-0.3, -0.25) is 9.78 Å². The first-order valence-corrected chi connectivity index (χ1v) is 11.9. The summed E-state index contributed by atoms with van der Waals surface area (Å²) in [5, 5.41) is 11.4. The third-order valence-electron chi connectivity index (χ3n) is 5.98. The second kappa shape index (κ2) is 9.53. The number of nitrogens with zero attached hydrogens (tertiary/aromatic N) is 2. The van der Waals surface area contributed by atoms with E-state index in [0.717, 1.165) is 33.7 Å². The van der Waals surface area contributed by atoms with Crippen molar-refractivity contribution in [2.75, 3.05) is 0 Å². The molecule has 0 saturated carbocycles. The Hall–Kier alpha value is -3.67. The van der Waals surface area contributed by atoms with Crippen molar-refractivity contribution >= 4 is 17.5 Å². The van der Waals surface area contributed by atoms with E-state index in [1.807, 2.05) is 74.5 Å². The number of benzene rings is 3. The summed E-state index contributed by atoms with van der Waals surface area (Å²) in [6.07, 6.45) is 0.863. The highest BCUT2D eigenvalue weighted by molar-refractivity contribution is 6.30. The van der Waals surface area contributed by atoms with E-state index in [-0.39, 0.29) is 18.6 Å². The molecule has 0 fully saturated rings. The Morgan fingerprint density at radius 2 is 1.66 bits per heavy atom. The monoisotopic (exact) mass is 484 g/mol. The fraction of sp³-hybridized carbons (Fsp3) is 0.172. The highest BCUT2D eigenvalue weighted by Gasteiger charge is 2.35. The largest absolute Gasteiger partial charge is 0.491 e. The van der Waals surface area contributed by atoms with Gasteiger partial charge in [0.1, 0.15) is 5.75 Å². The quantitative estimate of drug-likeness (QED) is 0.339. The molecule has 0 saturated heterocycles. The number of carbonyl (C=O) groups excluding carboxylic acids is 1. The van der Waals surface area contributed by atoms with Gasteiger partial charge < -0.3 is 14.7 Å². The Kier molecular flexibility index (Phi) is 6.29. The van der Waals surface area contributed by atoms with E-state index in [1.54, 1.807) is 24.4 Å². The maximum atomic E-state index is 12.9. The molecule has 1 aliphatic heterocycles. The number of aliphatic hydroxyl groups is 1. The van der Waals surface area contributed by atoms with Crippen LogP contribution in [0.1, 0.15) is 41.6 Å². The second-order valence-corrected chi connectivity index (χ2v) is 9.27. The topological polar surface area (TPSA) is 62.7 Å². The number of halogens is 1. The summed E-state index contributed by atoms with van der Waals surface area (Å²) in [6, 6.07) is 24.6. The SMILES string of the molecule is CC(C)Oc1ccc(-c2cc(CN3C(=O)c4ccccc4C3O)cnc2-c2ccc(Cl)cc2)cc1. The average Bonchev–Trinajstić information content (AvgIpc) is 3.10. The summed E-state index contributed by atoms with van der Waals surface area (Å²) in [5.74, 6) is 0.607. The second-order valence-electron chi connectivity index (χ2n) is 8.83. The molecule has 2 heterocycles. The molecule has 5 rings (SSSR count). The van der Waals surface area contributed by atoms with E-state index in [2.05, 4.69) is 0 Å². The van der Waals surface area contributed by atoms with Crippen molar-refractivity contribution < 1.29 is 14.6 Å². The number of aromatic nitrogens is 1. The van der Waals surface area contributed by atoms with Gasteiger partial charge >= 0.3 is 0 Å². The zero-order valence-electron chi connectivity index (χ0n) is 19.5. The number of rotatable bonds is 6. The molecule has 176 valence electrons. The summed E-state index contributed by atoms with van der Waals surface area (Å²) < 4.78 is 5.80. The van der Waals surface area contributed by atoms with Gasteiger partial charge in [-0.05, 0) is 61.4 Å². The molecule has 1 amide bonds. The minimum atomic E-state index is -0.981. The smallest absolute Gasteiger partial charge is 0.256 e. The standard InChI is InChI=1S/C29H25ClN2O3/c1-18(2)35-23-13-9-20(10-14-23)26-15-19(16-31-27(26)21-7-11-22(30)12-8-21)17-32-28(33)24-5-3-4-6-25(24)29(32)34/h3-16,18,28,33H,17H2,1-2H3. The number of carbonyl (C=O) groups is 1. The van der Waals surface area contributed by atoms with Gasteiger partial charge in [0, 0.05) is 33.5 Å². The Morgan fingerprint density at radius 3 is 2.34 bits per heavy atom. The van der Waals surface area contributed by atoms with Crippen LogP contribution in [0.3, 0.4) is 0 Å². The average molecular weight is 485 g/mol. The van der Waals surface area contributed by atoms with Gasteiger partial charge in [0.05, 0.1) is 18.3 Å². The molecule has 5 nitrogen and oxygen atoms in total. The van der Waals surface area contributed by atoms with Gasteiger partial charge in [-0.15, -0.1) is 0 Å². The van der Waals surface area contributed by atoms with Crippen LogP contribution in [0, 0.1) is 0 Å². The summed E-state index contributed by atoms with van der Waals surface area (Å²) in [5.41, 5.74) is 5.61. The number of hydrogen-bond acceptors (Lipinski definition) is 4. The molecule has 0 spiro atoms. The van der Waals surface area contributed by atoms with Crippen LogP contribution in [-0.4, -0.2) is 27.0 Å². The van der Waals surface area contributed by atoms with E-state index in [9.17, 15) is 9.90 Å². The molecular weight excluding hydrogens is 460 g/mol. The van der Waals surface area contributed by atoms with Crippen molar-refractivity contribution in [3.63, 3.8) is 0 Å². The van der Waals surface area contributed by atoms with E-state index >= 15 is 0 Å². The van der Waals surface area contributed by atoms with Crippen LogP contribution in [0.5, 0.6) is 5.75 Å². The Bertz CT molecular complexity index is 1370. The predicted octanol–water partition coefficient (Wildman–Crippen LogP) is 6.50. The summed E-state index contributed by atoms with van der Waals surface area (Å²) >= 11 is 6.11. The Morgan fingerprint density at radius 1 is 0.971 bits per heavy atom. The molecule has 0 aliphatic carbocycles. The molecule has 6 heteroatoms. The van der Waals surface area contributed by atoms with Gasteiger partial charge in [0.2, 0.25) is 0 Å². The first-order chi connectivity index (χ1) is 16.9. The zero-order valence-corrected chi connectivity index (χ0v) is 20.2. The molecule has 1 N–H and O–H groups in total. The van der Waals surface area contributed by atoms with Crippen LogP contribution < -0.4 is 4.74 Å². The van der Waals surface area contributed by atoms with Gasteiger partial charge in [-0.2, -0.15) is 0 Å². The lowest BCUT2D eigenvalue weighted by molar-refractivity contribution is 0.0137. The highest BCUT2D eigenvalue weighted by atomic mass is 35.5. The number of ether oxygens (including phenoxy) is 1. The fourth-order valence-corrected chi connectivity index (χ4v) is 4.47. The number of fused-ring (bicyclic) bond motifs is 1. The van der Waals surface area contributed by atoms with Crippen LogP contribution in [0.2, 0.25) is 5.02 Å². The van der Waals surface area contributed by atoms with Gasteiger partial charge in [0.15, 0.2) is 6.23 Å². The van der Waals surface area contributed by atoms with Crippen molar-refractivity contribution in [1.29, 1.82) is 0 Å². The first kappa shape index (κ1) is 23.1. The number of pyridine rings is 1. The summed E-state index contributed by atoms with van der Waals surface area (Å²) in [7, 11) is 0. The molecule has 1 atom stereocenters. The minimum absolute atomic E-state index is 0.0871. The lowest BCUT2D eigenvalue weighted by Crippen LogP contribution is -2.27. The molecule has 4 aromatic rings. The van der Waals surface area contributed by atoms with Gasteiger partial charge in [-0.25, -0.2) is 0 Å². The minimum Gasteiger partial charge on any atom is -0.491 e. The molecule has 1 aliphatic rings.